The summed E-state index contributed by atoms with van der Waals surface area (Å²) >= 11 is 0. The summed E-state index contributed by atoms with van der Waals surface area (Å²) in [5, 5.41) is 2.15. The summed E-state index contributed by atoms with van der Waals surface area (Å²) < 4.78 is 32.1. The van der Waals surface area contributed by atoms with Gasteiger partial charge in [-0.2, -0.15) is 0 Å². The molecule has 0 radical (unpaired) electrons. The van der Waals surface area contributed by atoms with Crippen molar-refractivity contribution in [2.75, 3.05) is 12.4 Å². The van der Waals surface area contributed by atoms with Crippen LogP contribution in [0.2, 0.25) is 0 Å². The van der Waals surface area contributed by atoms with Crippen molar-refractivity contribution in [3.63, 3.8) is 0 Å². The van der Waals surface area contributed by atoms with Crippen LogP contribution in [0.1, 0.15) is 28.8 Å². The highest BCUT2D eigenvalue weighted by atomic mass is 19.1. The second kappa shape index (κ2) is 7.68. The third kappa shape index (κ3) is 4.16. The maximum Gasteiger partial charge on any atom is 0.224 e. The lowest BCUT2D eigenvalue weighted by Gasteiger charge is -2.09. The molecule has 0 saturated carbocycles. The van der Waals surface area contributed by atoms with E-state index in [1.807, 2.05) is 13.0 Å². The minimum Gasteiger partial charge on any atom is -0.496 e. The largest absolute Gasteiger partial charge is 0.496 e. The molecule has 0 spiro atoms. The van der Waals surface area contributed by atoms with Crippen molar-refractivity contribution in [1.82, 2.24) is 0 Å². The first-order chi connectivity index (χ1) is 11.4. The molecule has 126 valence electrons. The number of carbonyl (C=O) groups excluding carboxylic acids is 2. The van der Waals surface area contributed by atoms with E-state index in [0.29, 0.717) is 11.3 Å². The van der Waals surface area contributed by atoms with Gasteiger partial charge in [0.2, 0.25) is 5.91 Å². The summed E-state index contributed by atoms with van der Waals surface area (Å²) in [4.78, 5) is 24.1. The second-order valence-corrected chi connectivity index (χ2v) is 5.27. The normalized spacial score (nSPS) is 10.3. The minimum absolute atomic E-state index is 0.0955. The van der Waals surface area contributed by atoms with Crippen LogP contribution in [-0.4, -0.2) is 18.8 Å². The Balaban J connectivity index is 2.02. The van der Waals surface area contributed by atoms with Gasteiger partial charge in [-0.1, -0.05) is 17.7 Å². The summed E-state index contributed by atoms with van der Waals surface area (Å²) in [6.45, 7) is 1.84. The number of ether oxygens (including phenoxy) is 1. The molecule has 0 saturated heterocycles. The predicted molar refractivity (Wildman–Crippen MR) is 86.3 cm³/mol. The van der Waals surface area contributed by atoms with E-state index in [9.17, 15) is 18.4 Å². The van der Waals surface area contributed by atoms with Gasteiger partial charge in [0.05, 0.1) is 12.7 Å². The average molecular weight is 333 g/mol. The molecule has 0 heterocycles. The van der Waals surface area contributed by atoms with Gasteiger partial charge in [0.1, 0.15) is 23.1 Å². The van der Waals surface area contributed by atoms with Crippen LogP contribution < -0.4 is 10.1 Å². The molecule has 0 atom stereocenters. The van der Waals surface area contributed by atoms with Crippen molar-refractivity contribution in [3.8, 4) is 5.75 Å². The lowest BCUT2D eigenvalue weighted by molar-refractivity contribution is -0.116. The Morgan fingerprint density at radius 1 is 1.08 bits per heavy atom. The van der Waals surface area contributed by atoms with E-state index < -0.39 is 23.2 Å². The van der Waals surface area contributed by atoms with E-state index in [1.54, 1.807) is 12.1 Å². The Morgan fingerprint density at radius 2 is 1.75 bits per heavy atom. The van der Waals surface area contributed by atoms with Crippen LogP contribution in [0, 0.1) is 18.6 Å². The number of halogens is 2. The molecule has 0 fully saturated rings. The molecule has 6 heteroatoms. The molecule has 24 heavy (non-hydrogen) atoms. The van der Waals surface area contributed by atoms with Crippen LogP contribution in [0.5, 0.6) is 5.75 Å². The van der Waals surface area contributed by atoms with Crippen molar-refractivity contribution < 1.29 is 23.1 Å². The molecule has 2 aromatic rings. The van der Waals surface area contributed by atoms with E-state index in [2.05, 4.69) is 5.32 Å². The molecule has 1 amide bonds. The number of anilines is 1. The number of hydrogen-bond acceptors (Lipinski definition) is 3. The maximum absolute atomic E-state index is 13.5. The molecule has 0 unspecified atom stereocenters. The van der Waals surface area contributed by atoms with Gasteiger partial charge in [0.15, 0.2) is 5.78 Å². The Morgan fingerprint density at radius 3 is 2.38 bits per heavy atom. The number of aryl methyl sites for hydroxylation is 1. The van der Waals surface area contributed by atoms with Gasteiger partial charge < -0.3 is 10.1 Å². The molecular weight excluding hydrogens is 316 g/mol. The fraction of sp³-hybridized carbons (Fsp3) is 0.222. The summed E-state index contributed by atoms with van der Waals surface area (Å²) in [7, 11) is 1.45. The summed E-state index contributed by atoms with van der Waals surface area (Å²) in [5.74, 6) is -2.23. The average Bonchev–Trinajstić information content (AvgIpc) is 2.56. The van der Waals surface area contributed by atoms with E-state index >= 15 is 0 Å². The summed E-state index contributed by atoms with van der Waals surface area (Å²) in [6.07, 6.45) is -0.286. The first-order valence-corrected chi connectivity index (χ1v) is 7.34. The second-order valence-electron chi connectivity index (χ2n) is 5.27. The number of amides is 1. The number of hydrogen-bond donors (Lipinski definition) is 1. The van der Waals surface area contributed by atoms with Crippen LogP contribution in [0.15, 0.2) is 36.4 Å². The van der Waals surface area contributed by atoms with E-state index in [1.165, 1.54) is 13.2 Å². The van der Waals surface area contributed by atoms with Gasteiger partial charge in [-0.25, -0.2) is 8.78 Å². The maximum atomic E-state index is 13.5. The number of ketones is 1. The topological polar surface area (TPSA) is 55.4 Å². The standard InChI is InChI=1S/C18H17F2NO3/c1-11-6-8-16(24-2)12(10-11)15(22)7-9-17(23)21-18-13(19)4-3-5-14(18)20/h3-6,8,10H,7,9H2,1-2H3,(H,21,23). The highest BCUT2D eigenvalue weighted by Crippen LogP contribution is 2.22. The fourth-order valence-electron chi connectivity index (χ4n) is 2.22. The Kier molecular flexibility index (Phi) is 5.63. The molecule has 0 aromatic heterocycles. The van der Waals surface area contributed by atoms with Crippen molar-refractivity contribution in [2.45, 2.75) is 19.8 Å². The number of Topliss-reactive ketones (excluding diaryl/α,β-unsaturated/α-hetero) is 1. The lowest BCUT2D eigenvalue weighted by atomic mass is 10.0. The molecule has 0 aliphatic carbocycles. The Bertz CT molecular complexity index is 755. The Hall–Kier alpha value is -2.76. The van der Waals surface area contributed by atoms with Crippen LogP contribution in [0.4, 0.5) is 14.5 Å². The molecule has 0 aliphatic heterocycles. The van der Waals surface area contributed by atoms with Crippen molar-refractivity contribution in [1.29, 1.82) is 0 Å². The van der Waals surface area contributed by atoms with Gasteiger partial charge in [-0.3, -0.25) is 9.59 Å². The Labute approximate surface area is 138 Å². The van der Waals surface area contributed by atoms with Gasteiger partial charge in [-0.15, -0.1) is 0 Å². The number of rotatable bonds is 6. The first kappa shape index (κ1) is 17.6. The SMILES string of the molecule is COc1ccc(C)cc1C(=O)CCC(=O)Nc1c(F)cccc1F. The minimum atomic E-state index is -0.866. The van der Waals surface area contributed by atoms with Crippen LogP contribution >= 0.6 is 0 Å². The van der Waals surface area contributed by atoms with Gasteiger partial charge in [-0.05, 0) is 31.2 Å². The number of para-hydroxylation sites is 1. The lowest BCUT2D eigenvalue weighted by Crippen LogP contribution is -2.15. The monoisotopic (exact) mass is 333 g/mol. The van der Waals surface area contributed by atoms with Gasteiger partial charge in [0, 0.05) is 12.8 Å². The fourth-order valence-corrected chi connectivity index (χ4v) is 2.22. The number of carbonyl (C=O) groups is 2. The third-order valence-electron chi connectivity index (χ3n) is 3.46. The summed E-state index contributed by atoms with van der Waals surface area (Å²) in [6, 6.07) is 8.45. The van der Waals surface area contributed by atoms with E-state index in [0.717, 1.165) is 17.7 Å². The van der Waals surface area contributed by atoms with Crippen molar-refractivity contribution >= 4 is 17.4 Å². The van der Waals surface area contributed by atoms with Gasteiger partial charge in [0.25, 0.3) is 0 Å². The quantitative estimate of drug-likeness (QED) is 0.816. The number of methoxy groups -OCH3 is 1. The third-order valence-corrected chi connectivity index (χ3v) is 3.46. The van der Waals surface area contributed by atoms with Crippen LogP contribution in [0.25, 0.3) is 0 Å². The number of benzene rings is 2. The zero-order chi connectivity index (χ0) is 17.7. The molecular formula is C18H17F2NO3. The highest BCUT2D eigenvalue weighted by molar-refractivity contribution is 6.01. The molecule has 4 nitrogen and oxygen atoms in total. The molecule has 0 bridgehead atoms. The smallest absolute Gasteiger partial charge is 0.224 e. The zero-order valence-corrected chi connectivity index (χ0v) is 13.4. The number of nitrogens with one attached hydrogen (secondary N) is 1. The highest BCUT2D eigenvalue weighted by Gasteiger charge is 2.16. The van der Waals surface area contributed by atoms with Crippen molar-refractivity contribution in [3.05, 3.63) is 59.2 Å². The van der Waals surface area contributed by atoms with Crippen molar-refractivity contribution in [2.24, 2.45) is 0 Å². The first-order valence-electron chi connectivity index (χ1n) is 7.34. The van der Waals surface area contributed by atoms with E-state index in [-0.39, 0.29) is 18.6 Å². The summed E-state index contributed by atoms with van der Waals surface area (Å²) in [5.41, 5.74) is 0.752. The molecule has 2 rings (SSSR count). The van der Waals surface area contributed by atoms with Crippen LogP contribution in [0.3, 0.4) is 0 Å². The van der Waals surface area contributed by atoms with Crippen LogP contribution in [-0.2, 0) is 4.79 Å². The molecule has 2 aromatic carbocycles. The zero-order valence-electron chi connectivity index (χ0n) is 13.4. The van der Waals surface area contributed by atoms with Gasteiger partial charge >= 0.3 is 0 Å². The molecule has 0 aliphatic rings. The van der Waals surface area contributed by atoms with E-state index in [4.69, 9.17) is 4.74 Å². The molecule has 1 N–H and O–H groups in total. The predicted octanol–water partition coefficient (Wildman–Crippen LogP) is 3.88.